The quantitative estimate of drug-likeness (QED) is 0.602. The van der Waals surface area contributed by atoms with Crippen LogP contribution in [-0.4, -0.2) is 0 Å². The maximum atomic E-state index is 5.75. The number of hydrogen-bond acceptors (Lipinski definition) is 4. The number of rotatable bonds is 5. The van der Waals surface area contributed by atoms with Crippen LogP contribution < -0.4 is 22.9 Å². The minimum atomic E-state index is 0. The van der Waals surface area contributed by atoms with E-state index in [2.05, 4.69) is 24.3 Å². The van der Waals surface area contributed by atoms with Crippen LogP contribution in [0.5, 0.6) is 0 Å². The van der Waals surface area contributed by atoms with Crippen molar-refractivity contribution >= 4 is 49.6 Å². The highest BCUT2D eigenvalue weighted by atomic mass is 35.5. The summed E-state index contributed by atoms with van der Waals surface area (Å²) >= 11 is 0. The van der Waals surface area contributed by atoms with Crippen molar-refractivity contribution in [1.29, 1.82) is 0 Å². The number of nitrogens with two attached hydrogens (primary N) is 4. The van der Waals surface area contributed by atoms with Crippen LogP contribution in [0, 0.1) is 0 Å². The largest absolute Gasteiger partial charge is 0.326 e. The summed E-state index contributed by atoms with van der Waals surface area (Å²) in [5.74, 6) is 0. The third kappa shape index (κ3) is 7.13. The molecule has 0 fully saturated rings. The predicted octanol–water partition coefficient (Wildman–Crippen LogP) is 2.88. The summed E-state index contributed by atoms with van der Waals surface area (Å²) in [6.45, 7) is 2.00. The van der Waals surface area contributed by atoms with Gasteiger partial charge in [0.15, 0.2) is 0 Å². The van der Waals surface area contributed by atoms with Crippen molar-refractivity contribution in [3.05, 3.63) is 58.7 Å². The monoisotopic (exact) mass is 414 g/mol. The number of hydrogen-bond donors (Lipinski definition) is 4. The van der Waals surface area contributed by atoms with Crippen molar-refractivity contribution in [3.63, 3.8) is 0 Å². The molecule has 0 spiro atoms. The van der Waals surface area contributed by atoms with Gasteiger partial charge in [-0.05, 0) is 57.6 Å². The first-order valence-corrected chi connectivity index (χ1v) is 6.76. The normalized spacial score (nSPS) is 9.00. The lowest BCUT2D eigenvalue weighted by molar-refractivity contribution is 1.02. The second kappa shape index (κ2) is 13.7. The third-order valence-electron chi connectivity index (χ3n) is 3.38. The van der Waals surface area contributed by atoms with E-state index in [9.17, 15) is 0 Å². The molecule has 138 valence electrons. The van der Waals surface area contributed by atoms with Crippen LogP contribution in [0.1, 0.15) is 22.3 Å². The van der Waals surface area contributed by atoms with Crippen LogP contribution in [0.25, 0.3) is 11.1 Å². The Bertz CT molecular complexity index is 511. The van der Waals surface area contributed by atoms with Gasteiger partial charge in [0.05, 0.1) is 0 Å². The second-order valence-electron chi connectivity index (χ2n) is 4.89. The minimum absolute atomic E-state index is 0. The molecule has 0 bridgehead atoms. The maximum Gasteiger partial charge on any atom is 0.0178 e. The molecule has 8 N–H and O–H groups in total. The van der Waals surface area contributed by atoms with Crippen molar-refractivity contribution < 1.29 is 0 Å². The standard InChI is InChI=1S/C16H22N4.4ClH/c17-7-11-1-12(8-18)4-15(3-11)16-5-13(9-19)2-14(6-16)10-20;;;;/h1-6H,7-10,17-20H2;4*1H. The van der Waals surface area contributed by atoms with Gasteiger partial charge in [0.25, 0.3) is 0 Å². The molecule has 2 aromatic carbocycles. The molecule has 0 heterocycles. The molecule has 2 aromatic rings. The van der Waals surface area contributed by atoms with Gasteiger partial charge in [0, 0.05) is 26.2 Å². The van der Waals surface area contributed by atoms with E-state index in [0.29, 0.717) is 26.2 Å². The molecule has 0 atom stereocenters. The van der Waals surface area contributed by atoms with Gasteiger partial charge in [-0.25, -0.2) is 0 Å². The SMILES string of the molecule is Cl.Cl.Cl.Cl.NCc1cc(CN)cc(-c2cc(CN)cc(CN)c2)c1. The van der Waals surface area contributed by atoms with Crippen LogP contribution in [0.2, 0.25) is 0 Å². The van der Waals surface area contributed by atoms with E-state index in [0.717, 1.165) is 33.4 Å². The average Bonchev–Trinajstić information content (AvgIpc) is 2.53. The van der Waals surface area contributed by atoms with Crippen molar-refractivity contribution in [2.45, 2.75) is 26.2 Å². The first-order chi connectivity index (χ1) is 9.69. The van der Waals surface area contributed by atoms with E-state index in [1.165, 1.54) is 0 Å². The first kappa shape index (κ1) is 28.3. The van der Waals surface area contributed by atoms with E-state index in [-0.39, 0.29) is 49.6 Å². The second-order valence-corrected chi connectivity index (χ2v) is 4.89. The zero-order valence-electron chi connectivity index (χ0n) is 13.2. The fourth-order valence-electron chi connectivity index (χ4n) is 2.33. The molecule has 24 heavy (non-hydrogen) atoms. The molecule has 4 nitrogen and oxygen atoms in total. The van der Waals surface area contributed by atoms with Gasteiger partial charge in [-0.2, -0.15) is 0 Å². The van der Waals surface area contributed by atoms with Crippen molar-refractivity contribution in [3.8, 4) is 11.1 Å². The smallest absolute Gasteiger partial charge is 0.0178 e. The Balaban J connectivity index is -0.00000110. The zero-order chi connectivity index (χ0) is 14.5. The first-order valence-electron chi connectivity index (χ1n) is 6.76. The van der Waals surface area contributed by atoms with Crippen LogP contribution in [0.15, 0.2) is 36.4 Å². The summed E-state index contributed by atoms with van der Waals surface area (Å²) in [6.07, 6.45) is 0. The fourth-order valence-corrected chi connectivity index (χ4v) is 2.33. The maximum absolute atomic E-state index is 5.75. The lowest BCUT2D eigenvalue weighted by Gasteiger charge is -2.11. The Morgan fingerprint density at radius 2 is 0.625 bits per heavy atom. The highest BCUT2D eigenvalue weighted by Gasteiger charge is 2.05. The van der Waals surface area contributed by atoms with E-state index >= 15 is 0 Å². The summed E-state index contributed by atoms with van der Waals surface area (Å²) in [7, 11) is 0. The number of halogens is 4. The molecule has 0 saturated heterocycles. The fraction of sp³-hybridized carbons (Fsp3) is 0.250. The van der Waals surface area contributed by atoms with Gasteiger partial charge < -0.3 is 22.9 Å². The molecule has 8 heteroatoms. The summed E-state index contributed by atoms with van der Waals surface area (Å²) in [5, 5.41) is 0. The van der Waals surface area contributed by atoms with Crippen molar-refractivity contribution in [1.82, 2.24) is 0 Å². The molecular weight excluding hydrogens is 390 g/mol. The van der Waals surface area contributed by atoms with Crippen molar-refractivity contribution in [2.24, 2.45) is 22.9 Å². The third-order valence-corrected chi connectivity index (χ3v) is 3.38. The Hall–Kier alpha value is -0.560. The van der Waals surface area contributed by atoms with Gasteiger partial charge in [0.2, 0.25) is 0 Å². The summed E-state index contributed by atoms with van der Waals surface area (Å²) in [4.78, 5) is 0. The summed E-state index contributed by atoms with van der Waals surface area (Å²) < 4.78 is 0. The molecule has 2 rings (SSSR count). The molecule has 0 aliphatic carbocycles. The topological polar surface area (TPSA) is 104 Å². The number of benzene rings is 2. The van der Waals surface area contributed by atoms with Crippen LogP contribution in [0.4, 0.5) is 0 Å². The van der Waals surface area contributed by atoms with Gasteiger partial charge in [0.1, 0.15) is 0 Å². The van der Waals surface area contributed by atoms with Crippen LogP contribution in [0.3, 0.4) is 0 Å². The molecule has 0 radical (unpaired) electrons. The van der Waals surface area contributed by atoms with Crippen molar-refractivity contribution in [2.75, 3.05) is 0 Å². The Morgan fingerprint density at radius 1 is 0.417 bits per heavy atom. The Labute approximate surface area is 168 Å². The summed E-state index contributed by atoms with van der Waals surface area (Å²) in [6, 6.07) is 12.5. The van der Waals surface area contributed by atoms with Crippen LogP contribution in [-0.2, 0) is 26.2 Å². The highest BCUT2D eigenvalue weighted by molar-refractivity contribution is 5.86. The van der Waals surface area contributed by atoms with E-state index in [4.69, 9.17) is 22.9 Å². The molecule has 0 aromatic heterocycles. The summed E-state index contributed by atoms with van der Waals surface area (Å²) in [5.41, 5.74) is 29.5. The highest BCUT2D eigenvalue weighted by Crippen LogP contribution is 2.25. The van der Waals surface area contributed by atoms with Gasteiger partial charge >= 0.3 is 0 Å². The lowest BCUT2D eigenvalue weighted by atomic mass is 9.96. The molecular formula is C16H26Cl4N4. The lowest BCUT2D eigenvalue weighted by Crippen LogP contribution is -2.04. The Kier molecular flexibility index (Phi) is 16.1. The minimum Gasteiger partial charge on any atom is -0.326 e. The predicted molar refractivity (Wildman–Crippen MR) is 112 cm³/mol. The zero-order valence-corrected chi connectivity index (χ0v) is 16.5. The van der Waals surface area contributed by atoms with Gasteiger partial charge in [-0.1, -0.05) is 12.1 Å². The van der Waals surface area contributed by atoms with Gasteiger partial charge in [-0.15, -0.1) is 49.6 Å². The average molecular weight is 416 g/mol. The molecule has 0 aliphatic rings. The van der Waals surface area contributed by atoms with E-state index < -0.39 is 0 Å². The molecule has 0 saturated carbocycles. The molecule has 0 aliphatic heterocycles. The van der Waals surface area contributed by atoms with E-state index in [1.807, 2.05) is 12.1 Å². The Morgan fingerprint density at radius 3 is 0.792 bits per heavy atom. The molecule has 0 amide bonds. The van der Waals surface area contributed by atoms with Crippen LogP contribution >= 0.6 is 49.6 Å². The molecule has 0 unspecified atom stereocenters. The van der Waals surface area contributed by atoms with E-state index in [1.54, 1.807) is 0 Å². The van der Waals surface area contributed by atoms with Gasteiger partial charge in [-0.3, -0.25) is 0 Å².